The Morgan fingerprint density at radius 2 is 2.21 bits per heavy atom. The average Bonchev–Trinajstić information content (AvgIpc) is 2.46. The van der Waals surface area contributed by atoms with E-state index in [1.165, 1.54) is 0 Å². The van der Waals surface area contributed by atoms with Crippen LogP contribution in [0.3, 0.4) is 0 Å². The molecule has 2 rings (SSSR count). The normalized spacial score (nSPS) is 23.2. The zero-order chi connectivity index (χ0) is 13.7. The Labute approximate surface area is 112 Å². The summed E-state index contributed by atoms with van der Waals surface area (Å²) in [5.41, 5.74) is 0.237. The first-order valence-electron chi connectivity index (χ1n) is 6.33. The molecular formula is C14H19NO4. The van der Waals surface area contributed by atoms with Crippen LogP contribution in [0.25, 0.3) is 0 Å². The molecule has 1 saturated heterocycles. The minimum absolute atomic E-state index is 0.145. The van der Waals surface area contributed by atoms with Gasteiger partial charge in [0.15, 0.2) is 0 Å². The van der Waals surface area contributed by atoms with Crippen molar-refractivity contribution < 1.29 is 19.4 Å². The fourth-order valence-electron chi connectivity index (χ4n) is 2.04. The number of morpholine rings is 1. The zero-order valence-electron chi connectivity index (χ0n) is 11.0. The molecule has 1 heterocycles. The summed E-state index contributed by atoms with van der Waals surface area (Å²) in [5.74, 6) is 0. The maximum Gasteiger partial charge on any atom is 0.410 e. The molecule has 1 fully saturated rings. The molecule has 0 radical (unpaired) electrons. The monoisotopic (exact) mass is 265 g/mol. The summed E-state index contributed by atoms with van der Waals surface area (Å²) in [6.07, 6.45) is -0.413. The Hall–Kier alpha value is -1.59. The first-order chi connectivity index (χ1) is 9.15. The number of hydrogen-bond acceptors (Lipinski definition) is 4. The minimum Gasteiger partial charge on any atom is -0.445 e. The van der Waals surface area contributed by atoms with Gasteiger partial charge in [0.25, 0.3) is 0 Å². The molecule has 5 heteroatoms. The van der Waals surface area contributed by atoms with Crippen molar-refractivity contribution in [2.45, 2.75) is 19.1 Å². The number of hydrogen-bond donors (Lipinski definition) is 1. The van der Waals surface area contributed by atoms with Crippen molar-refractivity contribution in [3.8, 4) is 0 Å². The van der Waals surface area contributed by atoms with E-state index in [9.17, 15) is 9.90 Å². The summed E-state index contributed by atoms with van der Waals surface area (Å²) < 4.78 is 10.6. The molecule has 1 aliphatic heterocycles. The van der Waals surface area contributed by atoms with Gasteiger partial charge in [0.2, 0.25) is 0 Å². The second-order valence-electron chi connectivity index (χ2n) is 4.90. The third-order valence-corrected chi connectivity index (χ3v) is 3.29. The Kier molecular flexibility index (Phi) is 4.39. The van der Waals surface area contributed by atoms with E-state index in [0.29, 0.717) is 19.8 Å². The highest BCUT2D eigenvalue weighted by molar-refractivity contribution is 5.69. The van der Waals surface area contributed by atoms with Gasteiger partial charge >= 0.3 is 6.09 Å². The lowest BCUT2D eigenvalue weighted by atomic mass is 10.0. The highest BCUT2D eigenvalue weighted by atomic mass is 16.6. The van der Waals surface area contributed by atoms with Crippen LogP contribution in [0, 0.1) is 0 Å². The molecule has 0 aliphatic carbocycles. The first kappa shape index (κ1) is 13.8. The summed E-state index contributed by atoms with van der Waals surface area (Å²) in [4.78, 5) is 13.6. The number of carbonyl (C=O) groups excluding carboxylic acids is 1. The molecule has 0 saturated carbocycles. The number of nitrogens with zero attached hydrogens (tertiary/aromatic N) is 1. The maximum absolute atomic E-state index is 12.1. The molecule has 1 aromatic carbocycles. The summed E-state index contributed by atoms with van der Waals surface area (Å²) >= 11 is 0. The molecule has 19 heavy (non-hydrogen) atoms. The van der Waals surface area contributed by atoms with Crippen LogP contribution in [0.15, 0.2) is 30.3 Å². The largest absolute Gasteiger partial charge is 0.445 e. The third-order valence-electron chi connectivity index (χ3n) is 3.29. The van der Waals surface area contributed by atoms with Crippen LogP contribution in [0.1, 0.15) is 12.5 Å². The van der Waals surface area contributed by atoms with Crippen molar-refractivity contribution in [1.29, 1.82) is 0 Å². The first-order valence-corrected chi connectivity index (χ1v) is 6.33. The Morgan fingerprint density at radius 3 is 2.89 bits per heavy atom. The van der Waals surface area contributed by atoms with Crippen LogP contribution < -0.4 is 0 Å². The van der Waals surface area contributed by atoms with E-state index in [2.05, 4.69) is 0 Å². The minimum atomic E-state index is -0.702. The Morgan fingerprint density at radius 1 is 1.47 bits per heavy atom. The molecule has 5 nitrogen and oxygen atoms in total. The summed E-state index contributed by atoms with van der Waals surface area (Å²) in [7, 11) is 0. The third kappa shape index (κ3) is 3.24. The van der Waals surface area contributed by atoms with E-state index in [1.807, 2.05) is 30.3 Å². The predicted molar refractivity (Wildman–Crippen MR) is 69.6 cm³/mol. The van der Waals surface area contributed by atoms with E-state index in [0.717, 1.165) is 5.56 Å². The zero-order valence-corrected chi connectivity index (χ0v) is 11.0. The lowest BCUT2D eigenvalue weighted by Crippen LogP contribution is -2.59. The van der Waals surface area contributed by atoms with E-state index in [-0.39, 0.29) is 13.2 Å². The number of aliphatic hydroxyl groups is 1. The number of carbonyl (C=O) groups is 1. The van der Waals surface area contributed by atoms with Gasteiger partial charge in [0.1, 0.15) is 6.61 Å². The maximum atomic E-state index is 12.1. The van der Waals surface area contributed by atoms with Crippen LogP contribution in [0.4, 0.5) is 4.79 Å². The molecule has 1 atom stereocenters. The van der Waals surface area contributed by atoms with Gasteiger partial charge < -0.3 is 14.6 Å². The molecule has 1 amide bonds. The van der Waals surface area contributed by atoms with Crippen LogP contribution in [0.5, 0.6) is 0 Å². The van der Waals surface area contributed by atoms with Crippen LogP contribution >= 0.6 is 0 Å². The van der Waals surface area contributed by atoms with Crippen LogP contribution in [-0.2, 0) is 16.1 Å². The van der Waals surface area contributed by atoms with Gasteiger partial charge in [-0.05, 0) is 12.5 Å². The van der Waals surface area contributed by atoms with E-state index >= 15 is 0 Å². The fourth-order valence-corrected chi connectivity index (χ4v) is 2.04. The fraction of sp³-hybridized carbons (Fsp3) is 0.500. The number of ether oxygens (including phenoxy) is 2. The number of amides is 1. The molecular weight excluding hydrogens is 246 g/mol. The van der Waals surface area contributed by atoms with E-state index in [1.54, 1.807) is 11.8 Å². The van der Waals surface area contributed by atoms with Gasteiger partial charge in [0, 0.05) is 6.54 Å². The van der Waals surface area contributed by atoms with Gasteiger partial charge in [-0.25, -0.2) is 4.79 Å². The van der Waals surface area contributed by atoms with Crippen molar-refractivity contribution in [3.63, 3.8) is 0 Å². The van der Waals surface area contributed by atoms with Crippen molar-refractivity contribution >= 4 is 6.09 Å². The standard InChI is InChI=1S/C14H19NO4/c1-14(10-16)11-18-8-7-15(14)13(17)19-9-12-5-3-2-4-6-12/h2-6,16H,7-11H2,1H3. The smallest absolute Gasteiger partial charge is 0.410 e. The van der Waals surface area contributed by atoms with Crippen molar-refractivity contribution in [3.05, 3.63) is 35.9 Å². The second kappa shape index (κ2) is 6.04. The second-order valence-corrected chi connectivity index (χ2v) is 4.90. The van der Waals surface area contributed by atoms with E-state index in [4.69, 9.17) is 9.47 Å². The molecule has 1 aliphatic rings. The lowest BCUT2D eigenvalue weighted by Gasteiger charge is -2.42. The van der Waals surface area contributed by atoms with Gasteiger partial charge in [-0.15, -0.1) is 0 Å². The van der Waals surface area contributed by atoms with Gasteiger partial charge in [-0.2, -0.15) is 0 Å². The number of benzene rings is 1. The highest BCUT2D eigenvalue weighted by Gasteiger charge is 2.38. The Balaban J connectivity index is 1.95. The lowest BCUT2D eigenvalue weighted by molar-refractivity contribution is -0.0750. The molecule has 0 bridgehead atoms. The summed E-state index contributed by atoms with van der Waals surface area (Å²) in [6.45, 7) is 3.10. The van der Waals surface area contributed by atoms with Crippen LogP contribution in [0.2, 0.25) is 0 Å². The molecule has 1 aromatic rings. The van der Waals surface area contributed by atoms with Crippen molar-refractivity contribution in [2.24, 2.45) is 0 Å². The van der Waals surface area contributed by atoms with Gasteiger partial charge in [-0.3, -0.25) is 4.90 Å². The topological polar surface area (TPSA) is 59.0 Å². The van der Waals surface area contributed by atoms with E-state index < -0.39 is 11.6 Å². The highest BCUT2D eigenvalue weighted by Crippen LogP contribution is 2.20. The molecule has 1 N–H and O–H groups in total. The molecule has 0 aromatic heterocycles. The SMILES string of the molecule is CC1(CO)COCCN1C(=O)OCc1ccccc1. The molecule has 1 unspecified atom stereocenters. The predicted octanol–water partition coefficient (Wildman–Crippen LogP) is 1.41. The van der Waals surface area contributed by atoms with Crippen molar-refractivity contribution in [1.82, 2.24) is 4.90 Å². The van der Waals surface area contributed by atoms with Gasteiger partial charge in [0.05, 0.1) is 25.4 Å². The molecule has 104 valence electrons. The van der Waals surface area contributed by atoms with Crippen molar-refractivity contribution in [2.75, 3.05) is 26.4 Å². The average molecular weight is 265 g/mol. The quantitative estimate of drug-likeness (QED) is 0.897. The number of rotatable bonds is 3. The van der Waals surface area contributed by atoms with Gasteiger partial charge in [-0.1, -0.05) is 30.3 Å². The summed E-state index contributed by atoms with van der Waals surface area (Å²) in [6, 6.07) is 9.51. The van der Waals surface area contributed by atoms with Crippen LogP contribution in [-0.4, -0.2) is 48.0 Å². The molecule has 0 spiro atoms. The Bertz CT molecular complexity index is 423. The summed E-state index contributed by atoms with van der Waals surface area (Å²) in [5, 5.41) is 9.43. The number of aliphatic hydroxyl groups excluding tert-OH is 1.